The van der Waals surface area contributed by atoms with Crippen LogP contribution in [0.3, 0.4) is 0 Å². The molecule has 168 valence electrons. The Kier molecular flexibility index (Phi) is 8.34. The van der Waals surface area contributed by atoms with Crippen molar-refractivity contribution in [1.29, 1.82) is 0 Å². The van der Waals surface area contributed by atoms with Crippen LogP contribution in [-0.4, -0.2) is 51.1 Å². The first-order chi connectivity index (χ1) is 14.9. The van der Waals surface area contributed by atoms with E-state index in [-0.39, 0.29) is 22.5 Å². The van der Waals surface area contributed by atoms with E-state index < -0.39 is 10.0 Å². The number of halogens is 1. The van der Waals surface area contributed by atoms with Crippen LogP contribution in [0.1, 0.15) is 18.4 Å². The number of nitrogens with one attached hydrogen (secondary N) is 1. The number of hydrogen-bond acceptors (Lipinski definition) is 5. The lowest BCUT2D eigenvalue weighted by atomic mass is 9.97. The van der Waals surface area contributed by atoms with Crippen LogP contribution in [0.25, 0.3) is 0 Å². The summed E-state index contributed by atoms with van der Waals surface area (Å²) in [5, 5.41) is 2.92. The number of hydrogen-bond donors (Lipinski definition) is 1. The van der Waals surface area contributed by atoms with Crippen LogP contribution in [0, 0.1) is 11.7 Å². The van der Waals surface area contributed by atoms with E-state index in [9.17, 15) is 17.6 Å². The molecule has 3 rings (SSSR count). The number of carbonyl (C=O) groups excluding carboxylic acids is 1. The standard InChI is InChI=1S/C22H27FN2O4S2/c1-29-19-6-8-20(9-7-19)31(27,28)25-13-10-17(11-14-25)22(26)24-12-15-30-16-18-4-2-3-5-21(18)23/h2-9,17H,10-16H2,1H3,(H,24,26). The molecule has 9 heteroatoms. The Morgan fingerprint density at radius 1 is 1.16 bits per heavy atom. The maximum absolute atomic E-state index is 13.6. The number of sulfonamides is 1. The lowest BCUT2D eigenvalue weighted by Crippen LogP contribution is -2.43. The predicted molar refractivity (Wildman–Crippen MR) is 120 cm³/mol. The number of ether oxygens (including phenoxy) is 1. The van der Waals surface area contributed by atoms with Gasteiger partial charge in [0.1, 0.15) is 11.6 Å². The second-order valence-electron chi connectivity index (χ2n) is 7.29. The molecule has 0 unspecified atom stereocenters. The van der Waals surface area contributed by atoms with Crippen molar-refractivity contribution in [1.82, 2.24) is 9.62 Å². The molecule has 2 aromatic rings. The Labute approximate surface area is 187 Å². The Balaban J connectivity index is 1.40. The lowest BCUT2D eigenvalue weighted by molar-refractivity contribution is -0.125. The van der Waals surface area contributed by atoms with Gasteiger partial charge in [0, 0.05) is 37.1 Å². The highest BCUT2D eigenvalue weighted by molar-refractivity contribution is 7.98. The van der Waals surface area contributed by atoms with E-state index in [0.717, 1.165) is 0 Å². The minimum atomic E-state index is -3.58. The van der Waals surface area contributed by atoms with Crippen molar-refractivity contribution in [3.8, 4) is 5.75 Å². The first-order valence-corrected chi connectivity index (χ1v) is 12.7. The molecule has 1 amide bonds. The summed E-state index contributed by atoms with van der Waals surface area (Å²) in [5.74, 6) is 1.39. The summed E-state index contributed by atoms with van der Waals surface area (Å²) in [5.41, 5.74) is 0.657. The number of piperidine rings is 1. The highest BCUT2D eigenvalue weighted by Crippen LogP contribution is 2.25. The molecular weight excluding hydrogens is 439 g/mol. The summed E-state index contributed by atoms with van der Waals surface area (Å²) >= 11 is 1.56. The number of nitrogens with zero attached hydrogens (tertiary/aromatic N) is 1. The van der Waals surface area contributed by atoms with E-state index in [1.807, 2.05) is 6.07 Å². The van der Waals surface area contributed by atoms with Crippen molar-refractivity contribution in [2.75, 3.05) is 32.5 Å². The molecule has 2 aromatic carbocycles. The van der Waals surface area contributed by atoms with Gasteiger partial charge in [-0.2, -0.15) is 16.1 Å². The molecule has 0 radical (unpaired) electrons. The number of benzene rings is 2. The molecule has 1 saturated heterocycles. The van der Waals surface area contributed by atoms with Crippen LogP contribution in [-0.2, 0) is 20.6 Å². The van der Waals surface area contributed by atoms with Crippen LogP contribution in [0.5, 0.6) is 5.75 Å². The van der Waals surface area contributed by atoms with Gasteiger partial charge in [0.15, 0.2) is 0 Å². The van der Waals surface area contributed by atoms with E-state index in [0.29, 0.717) is 55.3 Å². The Morgan fingerprint density at radius 3 is 2.48 bits per heavy atom. The fourth-order valence-electron chi connectivity index (χ4n) is 3.44. The number of carbonyl (C=O) groups is 1. The number of thioether (sulfide) groups is 1. The van der Waals surface area contributed by atoms with Gasteiger partial charge in [-0.15, -0.1) is 0 Å². The Bertz CT molecular complexity index is 975. The minimum absolute atomic E-state index is 0.0482. The fraction of sp³-hybridized carbons (Fsp3) is 0.409. The molecule has 0 bridgehead atoms. The molecule has 31 heavy (non-hydrogen) atoms. The van der Waals surface area contributed by atoms with Crippen molar-refractivity contribution in [3.63, 3.8) is 0 Å². The Morgan fingerprint density at radius 2 is 1.84 bits per heavy atom. The van der Waals surface area contributed by atoms with Gasteiger partial charge < -0.3 is 10.1 Å². The molecule has 0 atom stereocenters. The van der Waals surface area contributed by atoms with E-state index in [1.165, 1.54) is 29.6 Å². The third-order valence-corrected chi connectivity index (χ3v) is 8.20. The van der Waals surface area contributed by atoms with Gasteiger partial charge in [-0.3, -0.25) is 4.79 Å². The van der Waals surface area contributed by atoms with Crippen LogP contribution in [0.4, 0.5) is 4.39 Å². The number of rotatable bonds is 9. The van der Waals surface area contributed by atoms with Crippen LogP contribution >= 0.6 is 11.8 Å². The maximum Gasteiger partial charge on any atom is 0.243 e. The topological polar surface area (TPSA) is 75.7 Å². The van der Waals surface area contributed by atoms with Crippen molar-refractivity contribution >= 4 is 27.7 Å². The van der Waals surface area contributed by atoms with Crippen molar-refractivity contribution in [2.24, 2.45) is 5.92 Å². The largest absolute Gasteiger partial charge is 0.497 e. The molecule has 0 spiro atoms. The van der Waals surface area contributed by atoms with Crippen LogP contribution < -0.4 is 10.1 Å². The highest BCUT2D eigenvalue weighted by atomic mass is 32.2. The first-order valence-electron chi connectivity index (χ1n) is 10.1. The van der Waals surface area contributed by atoms with Gasteiger partial charge in [0.05, 0.1) is 12.0 Å². The zero-order valence-electron chi connectivity index (χ0n) is 17.4. The van der Waals surface area contributed by atoms with Crippen molar-refractivity contribution in [3.05, 3.63) is 59.9 Å². The SMILES string of the molecule is COc1ccc(S(=O)(=O)N2CCC(C(=O)NCCSCc3ccccc3F)CC2)cc1. The molecule has 1 aliphatic heterocycles. The molecule has 1 aliphatic rings. The monoisotopic (exact) mass is 466 g/mol. The second-order valence-corrected chi connectivity index (χ2v) is 10.3. The molecule has 1 fully saturated rings. The highest BCUT2D eigenvalue weighted by Gasteiger charge is 2.31. The molecule has 1 heterocycles. The zero-order valence-corrected chi connectivity index (χ0v) is 19.1. The summed E-state index contributed by atoms with van der Waals surface area (Å²) in [6.07, 6.45) is 0.979. The Hall–Kier alpha value is -2.10. The molecule has 1 N–H and O–H groups in total. The number of methoxy groups -OCH3 is 1. The molecular formula is C22H27FN2O4S2. The van der Waals surface area contributed by atoms with Gasteiger partial charge >= 0.3 is 0 Å². The maximum atomic E-state index is 13.6. The van der Waals surface area contributed by atoms with Gasteiger partial charge in [-0.1, -0.05) is 18.2 Å². The van der Waals surface area contributed by atoms with Crippen molar-refractivity contribution < 1.29 is 22.3 Å². The summed E-state index contributed by atoms with van der Waals surface area (Å²) in [6, 6.07) is 13.0. The molecule has 0 saturated carbocycles. The summed E-state index contributed by atoms with van der Waals surface area (Å²) < 4.78 is 45.7. The first kappa shape index (κ1) is 23.6. The summed E-state index contributed by atoms with van der Waals surface area (Å²) in [6.45, 7) is 1.13. The average Bonchev–Trinajstić information content (AvgIpc) is 2.80. The van der Waals surface area contributed by atoms with E-state index >= 15 is 0 Å². The summed E-state index contributed by atoms with van der Waals surface area (Å²) in [7, 11) is -2.05. The molecule has 0 aliphatic carbocycles. The van der Waals surface area contributed by atoms with Crippen LogP contribution in [0.2, 0.25) is 0 Å². The smallest absolute Gasteiger partial charge is 0.243 e. The summed E-state index contributed by atoms with van der Waals surface area (Å²) in [4.78, 5) is 12.6. The second kappa shape index (κ2) is 11.0. The molecule has 6 nitrogen and oxygen atoms in total. The fourth-order valence-corrected chi connectivity index (χ4v) is 5.76. The number of amides is 1. The van der Waals surface area contributed by atoms with Crippen molar-refractivity contribution in [2.45, 2.75) is 23.5 Å². The van der Waals surface area contributed by atoms with Gasteiger partial charge in [-0.25, -0.2) is 12.8 Å². The quantitative estimate of drug-likeness (QED) is 0.574. The van der Waals surface area contributed by atoms with Gasteiger partial charge in [0.2, 0.25) is 15.9 Å². The van der Waals surface area contributed by atoms with E-state index in [1.54, 1.807) is 36.0 Å². The normalized spacial score (nSPS) is 15.5. The third kappa shape index (κ3) is 6.21. The predicted octanol–water partition coefficient (Wildman–Crippen LogP) is 3.28. The zero-order chi connectivity index (χ0) is 22.3. The average molecular weight is 467 g/mol. The third-order valence-electron chi connectivity index (χ3n) is 5.28. The minimum Gasteiger partial charge on any atom is -0.497 e. The van der Waals surface area contributed by atoms with E-state index in [4.69, 9.17) is 4.74 Å². The van der Waals surface area contributed by atoms with Crippen LogP contribution in [0.15, 0.2) is 53.4 Å². The van der Waals surface area contributed by atoms with Gasteiger partial charge in [-0.05, 0) is 48.7 Å². The van der Waals surface area contributed by atoms with Gasteiger partial charge in [0.25, 0.3) is 0 Å². The lowest BCUT2D eigenvalue weighted by Gasteiger charge is -2.30. The molecule has 0 aromatic heterocycles. The van der Waals surface area contributed by atoms with E-state index in [2.05, 4.69) is 5.32 Å².